The molecule has 3 aromatic rings. The minimum absolute atomic E-state index is 0.192. The van der Waals surface area contributed by atoms with Gasteiger partial charge >= 0.3 is 6.18 Å². The first kappa shape index (κ1) is 27.5. The highest BCUT2D eigenvalue weighted by molar-refractivity contribution is 5.88. The number of nitrogens with one attached hydrogen (secondary N) is 2. The Kier molecular flexibility index (Phi) is 7.44. The van der Waals surface area contributed by atoms with Crippen LogP contribution in [-0.2, 0) is 11.8 Å². The van der Waals surface area contributed by atoms with Gasteiger partial charge < -0.3 is 16.0 Å². The average molecular weight is 542 g/mol. The lowest BCUT2D eigenvalue weighted by molar-refractivity contribution is -0.144. The van der Waals surface area contributed by atoms with Crippen molar-refractivity contribution < 1.29 is 31.5 Å². The van der Waals surface area contributed by atoms with Crippen LogP contribution in [-0.4, -0.2) is 48.6 Å². The molecule has 38 heavy (non-hydrogen) atoms. The van der Waals surface area contributed by atoms with Gasteiger partial charge in [0, 0.05) is 26.3 Å². The SMILES string of the molecule is C[C@@H](NC(=O)CCC(F)(F)F)c1ccc2nc([C@@H](c3nc(C(N)=O)nn3C)C3CCC(F)(F)CC3)[nH]c2c1. The van der Waals surface area contributed by atoms with E-state index in [4.69, 9.17) is 5.73 Å². The Hall–Kier alpha value is -3.58. The largest absolute Gasteiger partial charge is 0.389 e. The maximum Gasteiger partial charge on any atom is 0.389 e. The van der Waals surface area contributed by atoms with Gasteiger partial charge in [0.25, 0.3) is 5.91 Å². The van der Waals surface area contributed by atoms with Gasteiger partial charge in [-0.3, -0.25) is 14.3 Å². The van der Waals surface area contributed by atoms with Gasteiger partial charge in [0.1, 0.15) is 11.6 Å². The molecule has 0 saturated heterocycles. The van der Waals surface area contributed by atoms with Crippen LogP contribution in [0.1, 0.15) is 85.2 Å². The topological polar surface area (TPSA) is 132 Å². The third-order valence-electron chi connectivity index (χ3n) is 6.86. The van der Waals surface area contributed by atoms with Crippen molar-refractivity contribution in [2.45, 2.75) is 69.5 Å². The highest BCUT2D eigenvalue weighted by Crippen LogP contribution is 2.44. The Labute approximate surface area is 214 Å². The fourth-order valence-electron chi connectivity index (χ4n) is 4.84. The number of aromatic nitrogens is 5. The quantitative estimate of drug-likeness (QED) is 0.367. The van der Waals surface area contributed by atoms with Crippen LogP contribution in [0.4, 0.5) is 22.0 Å². The second-order valence-corrected chi connectivity index (χ2v) is 9.76. The number of rotatable bonds is 8. The minimum atomic E-state index is -4.42. The van der Waals surface area contributed by atoms with Crippen molar-refractivity contribution in [2.24, 2.45) is 18.7 Å². The average Bonchev–Trinajstić information content (AvgIpc) is 3.42. The number of halogens is 5. The zero-order valence-electron chi connectivity index (χ0n) is 20.8. The molecule has 2 amide bonds. The molecular formula is C24H28F5N7O2. The van der Waals surface area contributed by atoms with Crippen LogP contribution < -0.4 is 11.1 Å². The molecule has 1 saturated carbocycles. The molecule has 2 atom stereocenters. The molecule has 2 heterocycles. The summed E-state index contributed by atoms with van der Waals surface area (Å²) in [5.74, 6) is -4.51. The number of hydrogen-bond donors (Lipinski definition) is 3. The van der Waals surface area contributed by atoms with Crippen LogP contribution >= 0.6 is 0 Å². The van der Waals surface area contributed by atoms with E-state index in [1.54, 1.807) is 32.2 Å². The Bertz CT molecular complexity index is 1320. The van der Waals surface area contributed by atoms with E-state index in [9.17, 15) is 31.5 Å². The number of nitrogens with zero attached hydrogens (tertiary/aromatic N) is 4. The number of hydrogen-bond acceptors (Lipinski definition) is 5. The molecule has 206 valence electrons. The second kappa shape index (κ2) is 10.3. The fourth-order valence-corrected chi connectivity index (χ4v) is 4.84. The molecule has 0 unspecified atom stereocenters. The number of primary amides is 1. The summed E-state index contributed by atoms with van der Waals surface area (Å²) in [6.07, 6.45) is -6.45. The fraction of sp³-hybridized carbons (Fsp3) is 0.542. The minimum Gasteiger partial charge on any atom is -0.363 e. The molecule has 0 aliphatic heterocycles. The highest BCUT2D eigenvalue weighted by atomic mass is 19.4. The Morgan fingerprint density at radius 1 is 1.24 bits per heavy atom. The molecule has 2 aromatic heterocycles. The van der Waals surface area contributed by atoms with Gasteiger partial charge in [-0.25, -0.2) is 18.7 Å². The maximum absolute atomic E-state index is 13.9. The van der Waals surface area contributed by atoms with Crippen molar-refractivity contribution in [3.05, 3.63) is 41.2 Å². The lowest BCUT2D eigenvalue weighted by Crippen LogP contribution is -2.29. The number of alkyl halides is 5. The molecule has 14 heteroatoms. The molecule has 0 spiro atoms. The number of H-pyrrole nitrogens is 1. The van der Waals surface area contributed by atoms with Gasteiger partial charge in [-0.1, -0.05) is 6.07 Å². The van der Waals surface area contributed by atoms with Gasteiger partial charge in [0.2, 0.25) is 17.7 Å². The summed E-state index contributed by atoms with van der Waals surface area (Å²) in [5, 5.41) is 6.62. The third-order valence-corrected chi connectivity index (χ3v) is 6.86. The Morgan fingerprint density at radius 3 is 2.53 bits per heavy atom. The summed E-state index contributed by atoms with van der Waals surface area (Å²) in [7, 11) is 1.59. The summed E-state index contributed by atoms with van der Waals surface area (Å²) in [6, 6.07) is 4.55. The molecule has 1 aromatic carbocycles. The number of benzene rings is 1. The number of imidazole rings is 1. The molecule has 0 bridgehead atoms. The standard InChI is InChI=1S/C24H28F5N7O2/c1-12(31-17(37)7-10-24(27,28)29)14-3-4-15-16(11-14)33-20(32-15)18(13-5-8-23(25,26)9-6-13)22-34-21(19(30)38)35-36(22)2/h3-4,11-13,18H,5-10H2,1-2H3,(H2,30,38)(H,31,37)(H,32,33)/t12-,18+/m1/s1. The van der Waals surface area contributed by atoms with Gasteiger partial charge in [-0.15, -0.1) is 5.10 Å². The van der Waals surface area contributed by atoms with Crippen molar-refractivity contribution >= 4 is 22.8 Å². The first-order chi connectivity index (χ1) is 17.7. The molecule has 4 N–H and O–H groups in total. The molecule has 1 aliphatic carbocycles. The van der Waals surface area contributed by atoms with Gasteiger partial charge in [0.05, 0.1) is 29.4 Å². The molecule has 1 fully saturated rings. The highest BCUT2D eigenvalue weighted by Gasteiger charge is 2.41. The molecule has 9 nitrogen and oxygen atoms in total. The summed E-state index contributed by atoms with van der Waals surface area (Å²) in [6.45, 7) is 1.65. The van der Waals surface area contributed by atoms with Gasteiger partial charge in [-0.2, -0.15) is 13.2 Å². The predicted molar refractivity (Wildman–Crippen MR) is 126 cm³/mol. The first-order valence-corrected chi connectivity index (χ1v) is 12.2. The molecular weight excluding hydrogens is 513 g/mol. The summed E-state index contributed by atoms with van der Waals surface area (Å²) < 4.78 is 66.5. The lowest BCUT2D eigenvalue weighted by Gasteiger charge is -2.32. The number of carbonyl (C=O) groups excluding carboxylic acids is 2. The van der Waals surface area contributed by atoms with Crippen molar-refractivity contribution in [3.8, 4) is 0 Å². The van der Waals surface area contributed by atoms with E-state index in [0.717, 1.165) is 0 Å². The first-order valence-electron chi connectivity index (χ1n) is 12.2. The van der Waals surface area contributed by atoms with Crippen molar-refractivity contribution in [2.75, 3.05) is 0 Å². The summed E-state index contributed by atoms with van der Waals surface area (Å²) in [5.41, 5.74) is 7.12. The Morgan fingerprint density at radius 2 is 1.92 bits per heavy atom. The van der Waals surface area contributed by atoms with Crippen molar-refractivity contribution in [3.63, 3.8) is 0 Å². The van der Waals surface area contributed by atoms with E-state index in [1.165, 1.54) is 4.68 Å². The van der Waals surface area contributed by atoms with E-state index in [-0.39, 0.29) is 37.4 Å². The number of aromatic amines is 1. The van der Waals surface area contributed by atoms with E-state index >= 15 is 0 Å². The number of amides is 2. The van der Waals surface area contributed by atoms with Crippen LogP contribution in [0.5, 0.6) is 0 Å². The zero-order chi connectivity index (χ0) is 27.8. The number of aryl methyl sites for hydroxylation is 1. The van der Waals surface area contributed by atoms with Crippen LogP contribution in [0.15, 0.2) is 18.2 Å². The molecule has 0 radical (unpaired) electrons. The summed E-state index contributed by atoms with van der Waals surface area (Å²) in [4.78, 5) is 35.8. The van der Waals surface area contributed by atoms with Gasteiger partial charge in [-0.05, 0) is 43.4 Å². The van der Waals surface area contributed by atoms with Crippen LogP contribution in [0, 0.1) is 5.92 Å². The van der Waals surface area contributed by atoms with Gasteiger partial charge in [0.15, 0.2) is 0 Å². The zero-order valence-corrected chi connectivity index (χ0v) is 20.8. The lowest BCUT2D eigenvalue weighted by atomic mass is 9.77. The number of carbonyl (C=O) groups is 2. The molecule has 1 aliphatic rings. The smallest absolute Gasteiger partial charge is 0.363 e. The van der Waals surface area contributed by atoms with E-state index in [0.29, 0.717) is 28.2 Å². The normalized spacial score (nSPS) is 17.9. The number of fused-ring (bicyclic) bond motifs is 1. The van der Waals surface area contributed by atoms with Crippen molar-refractivity contribution in [1.82, 2.24) is 30.0 Å². The van der Waals surface area contributed by atoms with E-state index in [2.05, 4.69) is 25.4 Å². The molecule has 4 rings (SSSR count). The van der Waals surface area contributed by atoms with E-state index in [1.807, 2.05) is 0 Å². The van der Waals surface area contributed by atoms with E-state index < -0.39 is 48.7 Å². The predicted octanol–water partition coefficient (Wildman–Crippen LogP) is 4.27. The van der Waals surface area contributed by atoms with Crippen LogP contribution in [0.3, 0.4) is 0 Å². The summed E-state index contributed by atoms with van der Waals surface area (Å²) >= 11 is 0. The van der Waals surface area contributed by atoms with Crippen LogP contribution in [0.2, 0.25) is 0 Å². The number of nitrogens with two attached hydrogens (primary N) is 1. The monoisotopic (exact) mass is 541 g/mol. The van der Waals surface area contributed by atoms with Crippen molar-refractivity contribution in [1.29, 1.82) is 0 Å². The Balaban J connectivity index is 1.62. The third kappa shape index (κ3) is 6.27. The second-order valence-electron chi connectivity index (χ2n) is 9.76. The maximum atomic E-state index is 13.9. The van der Waals surface area contributed by atoms with Crippen LogP contribution in [0.25, 0.3) is 11.0 Å².